The van der Waals surface area contributed by atoms with Crippen molar-refractivity contribution in [2.24, 2.45) is 5.16 Å². The molecule has 29 heavy (non-hydrogen) atoms. The number of hydrogen-bond donors (Lipinski definition) is 1. The Labute approximate surface area is 170 Å². The molecule has 0 radical (unpaired) electrons. The minimum Gasteiger partial charge on any atom is -0.493 e. The molecule has 0 bridgehead atoms. The van der Waals surface area contributed by atoms with E-state index in [9.17, 15) is 4.79 Å². The van der Waals surface area contributed by atoms with Crippen molar-refractivity contribution in [3.05, 3.63) is 48.0 Å². The second-order valence-electron chi connectivity index (χ2n) is 6.12. The molecule has 2 heterocycles. The first-order valence-electron chi connectivity index (χ1n) is 8.75. The standard InChI is InChI=1S/C20H16N4O4S/c1-26-16-10-12(6-7-15(16)27-9-8-21)14-11-17(28-24-14)19(25)23-20-22-13-4-2-3-5-18(13)29-20/h2-7,10,17H,9,11H2,1H3,(H,22,23,25). The van der Waals surface area contributed by atoms with E-state index in [-0.39, 0.29) is 12.5 Å². The van der Waals surface area contributed by atoms with E-state index >= 15 is 0 Å². The van der Waals surface area contributed by atoms with E-state index in [2.05, 4.69) is 15.5 Å². The maximum atomic E-state index is 12.5. The van der Waals surface area contributed by atoms with E-state index in [1.165, 1.54) is 18.4 Å². The van der Waals surface area contributed by atoms with Crippen molar-refractivity contribution < 1.29 is 19.1 Å². The average molecular weight is 408 g/mol. The lowest BCUT2D eigenvalue weighted by atomic mass is 10.0. The first kappa shape index (κ1) is 18.7. The second kappa shape index (κ2) is 8.16. The summed E-state index contributed by atoms with van der Waals surface area (Å²) in [5.74, 6) is 0.633. The number of amides is 1. The third-order valence-corrected chi connectivity index (χ3v) is 5.23. The summed E-state index contributed by atoms with van der Waals surface area (Å²) in [6, 6.07) is 14.8. The SMILES string of the molecule is COc1cc(C2=NOC(C(=O)Nc3nc4ccccc4s3)C2)ccc1OCC#N. The van der Waals surface area contributed by atoms with Crippen molar-refractivity contribution in [2.75, 3.05) is 19.0 Å². The largest absolute Gasteiger partial charge is 0.493 e. The molecule has 8 nitrogen and oxygen atoms in total. The Morgan fingerprint density at radius 2 is 2.21 bits per heavy atom. The molecule has 146 valence electrons. The molecule has 4 rings (SSSR count). The Balaban J connectivity index is 1.42. The molecular weight excluding hydrogens is 392 g/mol. The monoisotopic (exact) mass is 408 g/mol. The van der Waals surface area contributed by atoms with Gasteiger partial charge < -0.3 is 14.3 Å². The van der Waals surface area contributed by atoms with Crippen LogP contribution < -0.4 is 14.8 Å². The van der Waals surface area contributed by atoms with Crippen LogP contribution in [0.4, 0.5) is 5.13 Å². The number of benzene rings is 2. The highest BCUT2D eigenvalue weighted by molar-refractivity contribution is 7.22. The number of anilines is 1. The highest BCUT2D eigenvalue weighted by atomic mass is 32.1. The molecule has 1 amide bonds. The molecule has 1 unspecified atom stereocenters. The number of aromatic nitrogens is 1. The van der Waals surface area contributed by atoms with Gasteiger partial charge in [0.05, 0.1) is 23.0 Å². The van der Waals surface area contributed by atoms with Gasteiger partial charge in [-0.2, -0.15) is 5.26 Å². The van der Waals surface area contributed by atoms with Crippen LogP contribution in [0.15, 0.2) is 47.6 Å². The summed E-state index contributed by atoms with van der Waals surface area (Å²) in [7, 11) is 1.51. The Hall–Kier alpha value is -3.64. The fraction of sp³-hybridized carbons (Fsp3) is 0.200. The zero-order valence-corrected chi connectivity index (χ0v) is 16.2. The minimum atomic E-state index is -0.738. The van der Waals surface area contributed by atoms with Gasteiger partial charge in [0.1, 0.15) is 6.07 Å². The molecule has 2 aromatic carbocycles. The molecule has 0 fully saturated rings. The van der Waals surface area contributed by atoms with Gasteiger partial charge in [0.25, 0.3) is 5.91 Å². The summed E-state index contributed by atoms with van der Waals surface area (Å²) >= 11 is 1.41. The number of para-hydroxylation sites is 1. The van der Waals surface area contributed by atoms with E-state index in [1.54, 1.807) is 18.2 Å². The van der Waals surface area contributed by atoms with Crippen LogP contribution >= 0.6 is 11.3 Å². The van der Waals surface area contributed by atoms with Crippen LogP contribution in [0.1, 0.15) is 12.0 Å². The van der Waals surface area contributed by atoms with Crippen molar-refractivity contribution in [3.8, 4) is 17.6 Å². The number of ether oxygens (including phenoxy) is 2. The Kier molecular flexibility index (Phi) is 5.27. The summed E-state index contributed by atoms with van der Waals surface area (Å²) in [5.41, 5.74) is 2.21. The molecule has 3 aromatic rings. The highest BCUT2D eigenvalue weighted by Crippen LogP contribution is 2.30. The quantitative estimate of drug-likeness (QED) is 0.671. The third kappa shape index (κ3) is 3.97. The smallest absolute Gasteiger partial charge is 0.270 e. The van der Waals surface area contributed by atoms with Gasteiger partial charge in [-0.25, -0.2) is 4.98 Å². The average Bonchev–Trinajstić information content (AvgIpc) is 3.39. The second-order valence-corrected chi connectivity index (χ2v) is 7.16. The van der Waals surface area contributed by atoms with Crippen molar-refractivity contribution in [3.63, 3.8) is 0 Å². The lowest BCUT2D eigenvalue weighted by molar-refractivity contribution is -0.125. The molecule has 1 aliphatic rings. The molecule has 1 aromatic heterocycles. The van der Waals surface area contributed by atoms with Crippen LogP contribution in [0.5, 0.6) is 11.5 Å². The number of carbonyl (C=O) groups excluding carboxylic acids is 1. The zero-order valence-electron chi connectivity index (χ0n) is 15.4. The fourth-order valence-corrected chi connectivity index (χ4v) is 3.75. The van der Waals surface area contributed by atoms with Crippen LogP contribution in [0.3, 0.4) is 0 Å². The maximum Gasteiger partial charge on any atom is 0.270 e. The number of carbonyl (C=O) groups is 1. The normalized spacial score (nSPS) is 15.3. The lowest BCUT2D eigenvalue weighted by Crippen LogP contribution is -2.27. The Morgan fingerprint density at radius 3 is 3.00 bits per heavy atom. The summed E-state index contributed by atoms with van der Waals surface area (Å²) in [6.07, 6.45) is -0.421. The van der Waals surface area contributed by atoms with E-state index in [0.717, 1.165) is 15.8 Å². The highest BCUT2D eigenvalue weighted by Gasteiger charge is 2.30. The van der Waals surface area contributed by atoms with Crippen LogP contribution in [0.2, 0.25) is 0 Å². The van der Waals surface area contributed by atoms with E-state index in [0.29, 0.717) is 28.8 Å². The van der Waals surface area contributed by atoms with Crippen molar-refractivity contribution in [1.29, 1.82) is 5.26 Å². The van der Waals surface area contributed by atoms with Crippen LogP contribution in [0.25, 0.3) is 10.2 Å². The number of fused-ring (bicyclic) bond motifs is 1. The molecule has 1 aliphatic heterocycles. The molecule has 0 saturated carbocycles. The topological polar surface area (TPSA) is 106 Å². The molecule has 1 atom stereocenters. The van der Waals surface area contributed by atoms with Crippen LogP contribution in [-0.2, 0) is 9.63 Å². The number of nitriles is 1. The molecule has 0 aliphatic carbocycles. The number of oxime groups is 1. The number of hydrogen-bond acceptors (Lipinski definition) is 8. The van der Waals surface area contributed by atoms with Crippen LogP contribution in [-0.4, -0.2) is 36.4 Å². The number of nitrogens with zero attached hydrogens (tertiary/aromatic N) is 3. The van der Waals surface area contributed by atoms with Gasteiger partial charge in [0.15, 0.2) is 23.2 Å². The van der Waals surface area contributed by atoms with E-state index in [1.807, 2.05) is 30.3 Å². The van der Waals surface area contributed by atoms with Crippen molar-refractivity contribution >= 4 is 38.3 Å². The summed E-state index contributed by atoms with van der Waals surface area (Å²) in [5, 5.41) is 16.0. The zero-order chi connectivity index (χ0) is 20.2. The fourth-order valence-electron chi connectivity index (χ4n) is 2.88. The first-order chi connectivity index (χ1) is 14.2. The first-order valence-corrected chi connectivity index (χ1v) is 9.57. The Bertz CT molecular complexity index is 1100. The van der Waals surface area contributed by atoms with Crippen LogP contribution in [0, 0.1) is 11.3 Å². The maximum absolute atomic E-state index is 12.5. The number of rotatable bonds is 6. The predicted octanol–water partition coefficient (Wildman–Crippen LogP) is 3.34. The number of nitrogens with one attached hydrogen (secondary N) is 1. The van der Waals surface area contributed by atoms with Gasteiger partial charge >= 0.3 is 0 Å². The summed E-state index contributed by atoms with van der Waals surface area (Å²) in [4.78, 5) is 22.3. The van der Waals surface area contributed by atoms with Gasteiger partial charge in [0.2, 0.25) is 6.10 Å². The molecular formula is C20H16N4O4S. The summed E-state index contributed by atoms with van der Waals surface area (Å²) in [6.45, 7) is -0.0756. The molecule has 9 heteroatoms. The molecule has 1 N–H and O–H groups in total. The van der Waals surface area contributed by atoms with Gasteiger partial charge in [-0.15, -0.1) is 0 Å². The van der Waals surface area contributed by atoms with Gasteiger partial charge in [-0.1, -0.05) is 28.6 Å². The van der Waals surface area contributed by atoms with E-state index < -0.39 is 6.10 Å². The number of methoxy groups -OCH3 is 1. The minimum absolute atomic E-state index is 0.0756. The van der Waals surface area contributed by atoms with E-state index in [4.69, 9.17) is 19.6 Å². The van der Waals surface area contributed by atoms with Gasteiger partial charge in [-0.3, -0.25) is 10.1 Å². The van der Waals surface area contributed by atoms with Gasteiger partial charge in [0, 0.05) is 12.0 Å². The Morgan fingerprint density at radius 1 is 1.34 bits per heavy atom. The van der Waals surface area contributed by atoms with Gasteiger partial charge in [-0.05, 0) is 30.3 Å². The predicted molar refractivity (Wildman–Crippen MR) is 108 cm³/mol. The molecule has 0 spiro atoms. The van der Waals surface area contributed by atoms with Crippen molar-refractivity contribution in [2.45, 2.75) is 12.5 Å². The third-order valence-electron chi connectivity index (χ3n) is 4.27. The number of thiazole rings is 1. The molecule has 0 saturated heterocycles. The lowest BCUT2D eigenvalue weighted by Gasteiger charge is -2.10. The van der Waals surface area contributed by atoms with Crippen molar-refractivity contribution in [1.82, 2.24) is 4.98 Å². The summed E-state index contributed by atoms with van der Waals surface area (Å²) < 4.78 is 11.6.